The van der Waals surface area contributed by atoms with Crippen LogP contribution in [0.4, 0.5) is 0 Å². The Morgan fingerprint density at radius 1 is 1.15 bits per heavy atom. The number of hydrogen-bond donors (Lipinski definition) is 2. The Morgan fingerprint density at radius 3 is 2.55 bits per heavy atom. The molecule has 0 heterocycles. The molecule has 1 unspecified atom stereocenters. The Hall–Kier alpha value is -0.220. The van der Waals surface area contributed by atoms with Crippen LogP contribution < -0.4 is 10.6 Å². The molecule has 0 spiro atoms. The zero-order chi connectivity index (χ0) is 14.6. The fourth-order valence-corrected chi connectivity index (χ4v) is 3.20. The van der Waals surface area contributed by atoms with E-state index in [-0.39, 0.29) is 11.9 Å². The Bertz CT molecular complexity index is 255. The maximum atomic E-state index is 12.0. The van der Waals surface area contributed by atoms with Gasteiger partial charge in [-0.1, -0.05) is 32.1 Å². The van der Waals surface area contributed by atoms with Crippen molar-refractivity contribution in [2.24, 2.45) is 0 Å². The molecule has 118 valence electrons. The number of amides is 1. The molecule has 1 rings (SSSR count). The van der Waals surface area contributed by atoms with Crippen LogP contribution >= 0.6 is 11.8 Å². The molecule has 0 aliphatic heterocycles. The van der Waals surface area contributed by atoms with E-state index in [2.05, 4.69) is 16.9 Å². The van der Waals surface area contributed by atoms with Crippen LogP contribution in [0.1, 0.15) is 64.7 Å². The first-order valence-electron chi connectivity index (χ1n) is 8.26. The minimum absolute atomic E-state index is 0.0527. The lowest BCUT2D eigenvalue weighted by Crippen LogP contribution is -2.47. The van der Waals surface area contributed by atoms with Crippen molar-refractivity contribution in [2.75, 3.05) is 18.6 Å². The molecule has 4 heteroatoms. The highest BCUT2D eigenvalue weighted by Gasteiger charge is 2.18. The van der Waals surface area contributed by atoms with Crippen molar-refractivity contribution in [3.8, 4) is 0 Å². The summed E-state index contributed by atoms with van der Waals surface area (Å²) in [6, 6.07) is 0.371. The lowest BCUT2D eigenvalue weighted by molar-refractivity contribution is -0.123. The Morgan fingerprint density at radius 2 is 1.85 bits per heavy atom. The second-order valence-corrected chi connectivity index (χ2v) is 6.91. The second-order valence-electron chi connectivity index (χ2n) is 5.93. The van der Waals surface area contributed by atoms with E-state index < -0.39 is 0 Å². The molecule has 1 aliphatic rings. The predicted octanol–water partition coefficient (Wildman–Crippen LogP) is 3.34. The van der Waals surface area contributed by atoms with Gasteiger partial charge in [0, 0.05) is 6.04 Å². The summed E-state index contributed by atoms with van der Waals surface area (Å²) >= 11 is 1.92. The summed E-state index contributed by atoms with van der Waals surface area (Å²) in [7, 11) is 0. The SMILES string of the molecule is CSCCCCCCNC(C)C(=O)NC1CCCCC1. The summed E-state index contributed by atoms with van der Waals surface area (Å²) in [4.78, 5) is 12.0. The predicted molar refractivity (Wildman–Crippen MR) is 89.3 cm³/mol. The van der Waals surface area contributed by atoms with Crippen LogP contribution in [0.15, 0.2) is 0 Å². The molecule has 20 heavy (non-hydrogen) atoms. The zero-order valence-corrected chi connectivity index (χ0v) is 14.1. The van der Waals surface area contributed by atoms with Crippen LogP contribution in [-0.2, 0) is 4.79 Å². The third-order valence-corrected chi connectivity index (χ3v) is 4.77. The molecule has 0 radical (unpaired) electrons. The molecule has 0 aromatic rings. The topological polar surface area (TPSA) is 41.1 Å². The van der Waals surface area contributed by atoms with Gasteiger partial charge in [-0.3, -0.25) is 4.79 Å². The molecule has 1 amide bonds. The molecule has 0 aromatic heterocycles. The normalized spacial score (nSPS) is 17.9. The van der Waals surface area contributed by atoms with E-state index in [1.165, 1.54) is 50.7 Å². The summed E-state index contributed by atoms with van der Waals surface area (Å²) in [5, 5.41) is 6.53. The molecule has 0 bridgehead atoms. The Labute approximate surface area is 129 Å². The third-order valence-electron chi connectivity index (χ3n) is 4.07. The van der Waals surface area contributed by atoms with Gasteiger partial charge in [0.25, 0.3) is 0 Å². The van der Waals surface area contributed by atoms with E-state index in [1.54, 1.807) is 0 Å². The fourth-order valence-electron chi connectivity index (χ4n) is 2.71. The lowest BCUT2D eigenvalue weighted by Gasteiger charge is -2.24. The minimum Gasteiger partial charge on any atom is -0.352 e. The molecule has 0 aromatic carbocycles. The Kier molecular flexibility index (Phi) is 10.2. The van der Waals surface area contributed by atoms with Crippen molar-refractivity contribution in [1.29, 1.82) is 0 Å². The first-order valence-corrected chi connectivity index (χ1v) is 9.66. The van der Waals surface area contributed by atoms with E-state index in [0.717, 1.165) is 19.4 Å². The van der Waals surface area contributed by atoms with Crippen LogP contribution in [-0.4, -0.2) is 36.5 Å². The van der Waals surface area contributed by atoms with Gasteiger partial charge >= 0.3 is 0 Å². The van der Waals surface area contributed by atoms with Crippen molar-refractivity contribution < 1.29 is 4.79 Å². The lowest BCUT2D eigenvalue weighted by atomic mass is 9.95. The number of carbonyl (C=O) groups excluding carboxylic acids is 1. The average Bonchev–Trinajstić information content (AvgIpc) is 2.47. The molecule has 1 saturated carbocycles. The van der Waals surface area contributed by atoms with Gasteiger partial charge in [0.2, 0.25) is 5.91 Å². The van der Waals surface area contributed by atoms with E-state index in [4.69, 9.17) is 0 Å². The summed E-state index contributed by atoms with van der Waals surface area (Å²) in [5.74, 6) is 1.45. The van der Waals surface area contributed by atoms with E-state index >= 15 is 0 Å². The monoisotopic (exact) mass is 300 g/mol. The smallest absolute Gasteiger partial charge is 0.237 e. The van der Waals surface area contributed by atoms with Crippen LogP contribution in [0.3, 0.4) is 0 Å². The molecule has 1 fully saturated rings. The Balaban J connectivity index is 2.00. The maximum absolute atomic E-state index is 12.0. The van der Waals surface area contributed by atoms with Crippen LogP contribution in [0.5, 0.6) is 0 Å². The van der Waals surface area contributed by atoms with E-state index in [9.17, 15) is 4.79 Å². The van der Waals surface area contributed by atoms with Crippen molar-refractivity contribution in [1.82, 2.24) is 10.6 Å². The van der Waals surface area contributed by atoms with E-state index in [0.29, 0.717) is 6.04 Å². The van der Waals surface area contributed by atoms with Gasteiger partial charge in [0.15, 0.2) is 0 Å². The molecule has 1 aliphatic carbocycles. The number of rotatable bonds is 10. The summed E-state index contributed by atoms with van der Waals surface area (Å²) in [5.41, 5.74) is 0. The fraction of sp³-hybridized carbons (Fsp3) is 0.938. The number of carbonyl (C=O) groups is 1. The highest BCUT2D eigenvalue weighted by Crippen LogP contribution is 2.17. The quantitative estimate of drug-likeness (QED) is 0.608. The molecule has 1 atom stereocenters. The van der Waals surface area contributed by atoms with Crippen molar-refractivity contribution >= 4 is 17.7 Å². The standard InChI is InChI=1S/C16H32N2OS/c1-14(17-12-8-3-4-9-13-20-2)16(19)18-15-10-6-5-7-11-15/h14-15,17H,3-13H2,1-2H3,(H,18,19). The second kappa shape index (κ2) is 11.4. The number of hydrogen-bond acceptors (Lipinski definition) is 3. The number of nitrogens with one attached hydrogen (secondary N) is 2. The minimum atomic E-state index is -0.0527. The van der Waals surface area contributed by atoms with Crippen LogP contribution in [0.25, 0.3) is 0 Å². The van der Waals surface area contributed by atoms with Crippen molar-refractivity contribution in [3.05, 3.63) is 0 Å². The zero-order valence-electron chi connectivity index (χ0n) is 13.2. The third kappa shape index (κ3) is 8.15. The largest absolute Gasteiger partial charge is 0.352 e. The first kappa shape index (κ1) is 17.8. The van der Waals surface area contributed by atoms with Crippen LogP contribution in [0, 0.1) is 0 Å². The molecule has 2 N–H and O–H groups in total. The van der Waals surface area contributed by atoms with Crippen molar-refractivity contribution in [2.45, 2.75) is 76.8 Å². The summed E-state index contributed by atoms with van der Waals surface area (Å²) in [6.45, 7) is 2.93. The maximum Gasteiger partial charge on any atom is 0.237 e. The number of unbranched alkanes of at least 4 members (excludes halogenated alkanes) is 3. The van der Waals surface area contributed by atoms with Gasteiger partial charge < -0.3 is 10.6 Å². The first-order chi connectivity index (χ1) is 9.74. The van der Waals surface area contributed by atoms with Crippen LogP contribution in [0.2, 0.25) is 0 Å². The highest BCUT2D eigenvalue weighted by atomic mass is 32.2. The summed E-state index contributed by atoms with van der Waals surface area (Å²) < 4.78 is 0. The van der Waals surface area contributed by atoms with Gasteiger partial charge in [-0.05, 0) is 51.2 Å². The molecule has 0 saturated heterocycles. The van der Waals surface area contributed by atoms with Gasteiger partial charge in [-0.2, -0.15) is 11.8 Å². The van der Waals surface area contributed by atoms with Gasteiger partial charge in [-0.25, -0.2) is 0 Å². The van der Waals surface area contributed by atoms with Crippen molar-refractivity contribution in [3.63, 3.8) is 0 Å². The number of thioether (sulfide) groups is 1. The van der Waals surface area contributed by atoms with Gasteiger partial charge in [0.05, 0.1) is 6.04 Å². The van der Waals surface area contributed by atoms with E-state index in [1.807, 2.05) is 18.7 Å². The highest BCUT2D eigenvalue weighted by molar-refractivity contribution is 7.98. The summed E-state index contributed by atoms with van der Waals surface area (Å²) in [6.07, 6.45) is 13.4. The molecule has 3 nitrogen and oxygen atoms in total. The molecular formula is C16H32N2OS. The molecular weight excluding hydrogens is 268 g/mol. The average molecular weight is 301 g/mol. The van der Waals surface area contributed by atoms with Gasteiger partial charge in [0.1, 0.15) is 0 Å². The van der Waals surface area contributed by atoms with Gasteiger partial charge in [-0.15, -0.1) is 0 Å².